The van der Waals surface area contributed by atoms with E-state index >= 15 is 4.39 Å². The largest absolute Gasteiger partial charge is 0.505 e. The number of carbonyl (C=O) groups is 6. The molecular weight excluding hydrogens is 587 g/mol. The average molecular weight is 621 g/mol. The van der Waals surface area contributed by atoms with Crippen molar-refractivity contribution in [2.45, 2.75) is 43.5 Å². The lowest BCUT2D eigenvalue weighted by atomic mass is 9.52. The van der Waals surface area contributed by atoms with Crippen LogP contribution in [-0.2, 0) is 43.4 Å². The zero-order valence-corrected chi connectivity index (χ0v) is 24.9. The van der Waals surface area contributed by atoms with Crippen molar-refractivity contribution in [3.63, 3.8) is 0 Å². The third-order valence-electron chi connectivity index (χ3n) is 10.0. The minimum atomic E-state index is -2.89. The van der Waals surface area contributed by atoms with Gasteiger partial charge in [-0.2, -0.15) is 0 Å². The zero-order chi connectivity index (χ0) is 32.7. The van der Waals surface area contributed by atoms with Crippen molar-refractivity contribution in [2.75, 3.05) is 26.5 Å². The van der Waals surface area contributed by atoms with Gasteiger partial charge in [-0.05, 0) is 51.9 Å². The number of Topliss-reactive ketones (excluding diaryl/α,β-unsaturated/α-hetero) is 4. The number of primary amides is 1. The Kier molecular flexibility index (Phi) is 7.26. The summed E-state index contributed by atoms with van der Waals surface area (Å²) in [6.07, 6.45) is -0.122. The lowest BCUT2D eigenvalue weighted by Crippen LogP contribution is -2.74. The van der Waals surface area contributed by atoms with Crippen LogP contribution < -0.4 is 11.1 Å². The quantitative estimate of drug-likeness (QED) is 0.268. The number of nitrogens with one attached hydrogen (secondary N) is 1. The number of ketones is 4. The molecule has 2 saturated carbocycles. The fourth-order valence-electron chi connectivity index (χ4n) is 7.89. The SMILES string of the molecule is CN(C)[C@@H]1C(=O)C(C(N)=O)C(=O)[C@@]2(O)C(=O)C3C(=O)c4c(O)c5c(c(F)c4C[C@H]3C[C@@H]12)CN(C)[C@@H](Cc1ccccc1)C(=O)N5. The molecule has 6 rings (SSSR count). The number of anilines is 1. The van der Waals surface area contributed by atoms with Crippen LogP contribution in [-0.4, -0.2) is 93.8 Å². The summed E-state index contributed by atoms with van der Waals surface area (Å²) in [7, 11) is 4.62. The highest BCUT2D eigenvalue weighted by Crippen LogP contribution is 2.52. The average Bonchev–Trinajstić information content (AvgIpc) is 3.09. The van der Waals surface area contributed by atoms with Gasteiger partial charge in [-0.15, -0.1) is 0 Å². The molecule has 0 bridgehead atoms. The Morgan fingerprint density at radius 3 is 2.40 bits per heavy atom. The van der Waals surface area contributed by atoms with Gasteiger partial charge in [-0.1, -0.05) is 30.3 Å². The fourth-order valence-corrected chi connectivity index (χ4v) is 7.89. The molecular formula is C32H33FN4O8. The second kappa shape index (κ2) is 10.6. The maximum Gasteiger partial charge on any atom is 0.242 e. The first kappa shape index (κ1) is 30.7. The van der Waals surface area contributed by atoms with E-state index in [9.17, 15) is 39.0 Å². The predicted octanol–water partition coefficient (Wildman–Crippen LogP) is 0.00130. The molecule has 0 aromatic heterocycles. The Morgan fingerprint density at radius 2 is 1.78 bits per heavy atom. The van der Waals surface area contributed by atoms with Gasteiger partial charge in [0, 0.05) is 23.6 Å². The van der Waals surface area contributed by atoms with Crippen LogP contribution in [0.3, 0.4) is 0 Å². The first-order valence-electron chi connectivity index (χ1n) is 14.7. The number of halogens is 1. The van der Waals surface area contributed by atoms with Gasteiger partial charge in [0.15, 0.2) is 40.4 Å². The van der Waals surface area contributed by atoms with Crippen molar-refractivity contribution in [2.24, 2.45) is 29.4 Å². The number of hydrogen-bond donors (Lipinski definition) is 4. The number of amides is 2. The van der Waals surface area contributed by atoms with Gasteiger partial charge in [0.2, 0.25) is 11.8 Å². The molecule has 45 heavy (non-hydrogen) atoms. The van der Waals surface area contributed by atoms with Gasteiger partial charge in [-0.25, -0.2) is 4.39 Å². The van der Waals surface area contributed by atoms with E-state index in [4.69, 9.17) is 5.73 Å². The van der Waals surface area contributed by atoms with E-state index in [1.807, 2.05) is 30.3 Å². The number of rotatable bonds is 4. The molecule has 12 nitrogen and oxygen atoms in total. The number of carbonyl (C=O) groups excluding carboxylic acids is 6. The number of phenols is 1. The van der Waals surface area contributed by atoms with Crippen LogP contribution in [0, 0.1) is 29.5 Å². The van der Waals surface area contributed by atoms with Crippen LogP contribution >= 0.6 is 0 Å². The van der Waals surface area contributed by atoms with Crippen molar-refractivity contribution in [1.29, 1.82) is 0 Å². The van der Waals surface area contributed by atoms with E-state index in [0.29, 0.717) is 6.42 Å². The number of fused-ring (bicyclic) bond motifs is 4. The van der Waals surface area contributed by atoms with Crippen molar-refractivity contribution in [3.8, 4) is 5.75 Å². The summed E-state index contributed by atoms with van der Waals surface area (Å²) in [5, 5.41) is 25.7. The third kappa shape index (κ3) is 4.36. The molecule has 1 aliphatic heterocycles. The van der Waals surface area contributed by atoms with Crippen LogP contribution in [0.4, 0.5) is 10.1 Å². The summed E-state index contributed by atoms with van der Waals surface area (Å²) in [5.41, 5.74) is 2.34. The number of nitrogens with two attached hydrogens (primary N) is 1. The molecule has 2 amide bonds. The highest BCUT2D eigenvalue weighted by Gasteiger charge is 2.69. The van der Waals surface area contributed by atoms with Crippen molar-refractivity contribution >= 4 is 40.6 Å². The first-order valence-corrected chi connectivity index (χ1v) is 14.7. The fraction of sp³-hybridized carbons (Fsp3) is 0.438. The van der Waals surface area contributed by atoms with E-state index in [0.717, 1.165) is 5.56 Å². The summed E-state index contributed by atoms with van der Waals surface area (Å²) in [6, 6.07) is 7.20. The van der Waals surface area contributed by atoms with Crippen LogP contribution in [0.15, 0.2) is 30.3 Å². The number of aromatic hydroxyl groups is 1. The molecule has 7 atom stereocenters. The highest BCUT2D eigenvalue weighted by molar-refractivity contribution is 6.32. The molecule has 13 heteroatoms. The van der Waals surface area contributed by atoms with Gasteiger partial charge in [0.05, 0.1) is 29.3 Å². The smallest absolute Gasteiger partial charge is 0.242 e. The maximum atomic E-state index is 16.4. The number of aliphatic hydroxyl groups is 1. The number of phenolic OH excluding ortho intramolecular Hbond substituents is 1. The van der Waals surface area contributed by atoms with Crippen LogP contribution in [0.1, 0.15) is 33.5 Å². The maximum absolute atomic E-state index is 16.4. The molecule has 3 aliphatic carbocycles. The Balaban J connectivity index is 1.42. The van der Waals surface area contributed by atoms with Crippen LogP contribution in [0.2, 0.25) is 0 Å². The van der Waals surface area contributed by atoms with Gasteiger partial charge >= 0.3 is 0 Å². The summed E-state index contributed by atoms with van der Waals surface area (Å²) in [5.74, 6) is -13.9. The Labute approximate surface area is 257 Å². The highest BCUT2D eigenvalue weighted by atomic mass is 19.1. The first-order chi connectivity index (χ1) is 21.2. The lowest BCUT2D eigenvalue weighted by Gasteiger charge is -2.52. The molecule has 0 saturated heterocycles. The van der Waals surface area contributed by atoms with E-state index in [1.54, 1.807) is 11.9 Å². The predicted molar refractivity (Wildman–Crippen MR) is 155 cm³/mol. The van der Waals surface area contributed by atoms with Crippen molar-refractivity contribution < 1.29 is 43.4 Å². The summed E-state index contributed by atoms with van der Waals surface area (Å²) in [6.45, 7) is -0.0813. The summed E-state index contributed by atoms with van der Waals surface area (Å²) in [4.78, 5) is 83.3. The number of benzene rings is 2. The second-order valence-electron chi connectivity index (χ2n) is 12.8. The lowest BCUT2D eigenvalue weighted by molar-refractivity contribution is -0.181. The molecule has 2 aromatic rings. The molecule has 0 spiro atoms. The van der Waals surface area contributed by atoms with Gasteiger partial charge in [-0.3, -0.25) is 38.6 Å². The molecule has 2 unspecified atom stereocenters. The second-order valence-corrected chi connectivity index (χ2v) is 12.8. The third-order valence-corrected chi connectivity index (χ3v) is 10.0. The van der Waals surface area contributed by atoms with E-state index < -0.39 is 93.4 Å². The molecule has 236 valence electrons. The Hall–Kier alpha value is -4.33. The van der Waals surface area contributed by atoms with Gasteiger partial charge in [0.1, 0.15) is 5.82 Å². The van der Waals surface area contributed by atoms with E-state index in [1.165, 1.54) is 19.0 Å². The van der Waals surface area contributed by atoms with Gasteiger partial charge < -0.3 is 21.3 Å². The summed E-state index contributed by atoms with van der Waals surface area (Å²) < 4.78 is 16.4. The molecule has 2 aromatic carbocycles. The van der Waals surface area contributed by atoms with Crippen LogP contribution in [0.5, 0.6) is 5.75 Å². The minimum Gasteiger partial charge on any atom is -0.505 e. The molecule has 0 radical (unpaired) electrons. The molecule has 5 N–H and O–H groups in total. The van der Waals surface area contributed by atoms with Crippen molar-refractivity contribution in [3.05, 3.63) is 58.4 Å². The van der Waals surface area contributed by atoms with E-state index in [2.05, 4.69) is 5.32 Å². The number of nitrogens with zero attached hydrogens (tertiary/aromatic N) is 2. The van der Waals surface area contributed by atoms with E-state index in [-0.39, 0.29) is 36.2 Å². The Bertz CT molecular complexity index is 1690. The monoisotopic (exact) mass is 620 g/mol. The van der Waals surface area contributed by atoms with Crippen molar-refractivity contribution in [1.82, 2.24) is 9.80 Å². The number of hydrogen-bond acceptors (Lipinski definition) is 10. The topological polar surface area (TPSA) is 187 Å². The molecule has 4 aliphatic rings. The zero-order valence-electron chi connectivity index (χ0n) is 24.9. The standard InChI is InChI=1S/C32H33FN4O8/c1-36(2)24-17-11-14-10-15-20(25(38)19(14)28(41)32(17,45)29(42)21(27(24)40)30(34)43)26(39)23-16(22(15)33)12-37(3)18(31(44)35-23)9-13-7-5-4-6-8-13/h4-8,14,17-19,21,24,39,45H,9-12H2,1-3H3,(H2,34,43)(H,35,44)/t14-,17-,18-,19?,21?,24-,32-/m0/s1. The summed E-state index contributed by atoms with van der Waals surface area (Å²) >= 11 is 0. The molecule has 1 heterocycles. The number of likely N-dealkylation sites (N-methyl/N-ethyl adjacent to an activating group) is 2. The van der Waals surface area contributed by atoms with Crippen LogP contribution in [0.25, 0.3) is 0 Å². The van der Waals surface area contributed by atoms with Gasteiger partial charge in [0.25, 0.3) is 0 Å². The minimum absolute atomic E-state index is 0.0268. The normalized spacial score (nSPS) is 31.5. The molecule has 2 fully saturated rings. The Morgan fingerprint density at radius 1 is 1.11 bits per heavy atom.